The molecule has 0 unspecified atom stereocenters. The molecule has 1 heterocycles. The van der Waals surface area contributed by atoms with E-state index in [0.29, 0.717) is 22.3 Å². The molecule has 4 aromatic carbocycles. The molecule has 1 aliphatic rings. The van der Waals surface area contributed by atoms with E-state index in [-0.39, 0.29) is 49.4 Å². The Labute approximate surface area is 581 Å². The number of aromatic hydroxyl groups is 2. The second-order valence-corrected chi connectivity index (χ2v) is 26.9. The lowest BCUT2D eigenvalue weighted by molar-refractivity contribution is -0.144. The monoisotopic (exact) mass is 1430 g/mol. The quantitative estimate of drug-likeness (QED) is 0.0303. The first-order valence-electron chi connectivity index (χ1n) is 31.1. The van der Waals surface area contributed by atoms with Crippen molar-refractivity contribution in [2.45, 2.75) is 132 Å². The fourth-order valence-corrected chi connectivity index (χ4v) is 12.5. The molecular formula is C65H82N12O19S3. The summed E-state index contributed by atoms with van der Waals surface area (Å²) in [5.41, 5.74) is 8.19. The van der Waals surface area contributed by atoms with Crippen molar-refractivity contribution in [2.75, 3.05) is 30.1 Å². The summed E-state index contributed by atoms with van der Waals surface area (Å²) < 4.78 is 0. The van der Waals surface area contributed by atoms with Crippen molar-refractivity contribution in [1.29, 1.82) is 0 Å². The van der Waals surface area contributed by atoms with Gasteiger partial charge in [-0.05, 0) is 84.2 Å². The van der Waals surface area contributed by atoms with Crippen LogP contribution in [0.1, 0.15) is 62.3 Å². The number of carbonyl (C=O) groups excluding carboxylic acids is 11. The van der Waals surface area contributed by atoms with Crippen LogP contribution in [0.25, 0.3) is 0 Å². The Bertz CT molecular complexity index is 3490. The molecule has 534 valence electrons. The van der Waals surface area contributed by atoms with E-state index in [2.05, 4.69) is 58.5 Å². The van der Waals surface area contributed by atoms with Crippen LogP contribution in [-0.4, -0.2) is 205 Å². The van der Waals surface area contributed by atoms with Crippen LogP contribution in [0.15, 0.2) is 109 Å². The molecule has 0 radical (unpaired) electrons. The lowest BCUT2D eigenvalue weighted by Gasteiger charge is -2.27. The van der Waals surface area contributed by atoms with Gasteiger partial charge in [-0.25, -0.2) is 4.79 Å². The highest BCUT2D eigenvalue weighted by Gasteiger charge is 2.37. The maximum absolute atomic E-state index is 15.0. The molecular weight excluding hydrogens is 1350 g/mol. The van der Waals surface area contributed by atoms with Gasteiger partial charge >= 0.3 is 17.9 Å². The molecule has 0 aliphatic carbocycles. The van der Waals surface area contributed by atoms with Crippen molar-refractivity contribution in [3.63, 3.8) is 0 Å². The van der Waals surface area contributed by atoms with E-state index >= 15 is 4.79 Å². The van der Waals surface area contributed by atoms with Gasteiger partial charge in [0, 0.05) is 30.8 Å². The Morgan fingerprint density at radius 3 is 1.65 bits per heavy atom. The number of carboxylic acids is 3. The summed E-state index contributed by atoms with van der Waals surface area (Å²) in [5.74, 6) is -17.8. The number of rotatable bonds is 27. The van der Waals surface area contributed by atoms with E-state index in [4.69, 9.17) is 5.73 Å². The maximum Gasteiger partial charge on any atom is 0.326 e. The molecule has 1 saturated heterocycles. The minimum atomic E-state index is -1.90. The normalized spacial score (nSPS) is 19.9. The van der Waals surface area contributed by atoms with Gasteiger partial charge in [0.25, 0.3) is 0 Å². The van der Waals surface area contributed by atoms with Gasteiger partial charge in [-0.2, -0.15) is 11.8 Å². The molecule has 34 heteroatoms. The highest BCUT2D eigenvalue weighted by Crippen LogP contribution is 2.24. The summed E-state index contributed by atoms with van der Waals surface area (Å²) >= 11 is 1.23. The largest absolute Gasteiger partial charge is 0.508 e. The third-order valence-corrected chi connectivity index (χ3v) is 18.1. The lowest BCUT2D eigenvalue weighted by Crippen LogP contribution is -2.61. The summed E-state index contributed by atoms with van der Waals surface area (Å²) in [6.45, 7) is 3.33. The number of phenolic OH excluding ortho intramolecular Hbond substituents is 2. The Balaban J connectivity index is 1.57. The third kappa shape index (κ3) is 27.5. The summed E-state index contributed by atoms with van der Waals surface area (Å²) in [6.07, 6.45) is -1.42. The number of amides is 11. The number of hydrogen-bond acceptors (Lipinski definition) is 20. The first kappa shape index (κ1) is 79.8. The van der Waals surface area contributed by atoms with E-state index in [0.717, 1.165) is 21.6 Å². The van der Waals surface area contributed by atoms with E-state index in [1.165, 1.54) is 81.1 Å². The summed E-state index contributed by atoms with van der Waals surface area (Å²) in [6, 6.07) is 10.0. The van der Waals surface area contributed by atoms with Crippen LogP contribution in [0, 0.1) is 5.92 Å². The average Bonchev–Trinajstić information content (AvgIpc) is 0.976. The average molecular weight is 1430 g/mol. The van der Waals surface area contributed by atoms with Crippen LogP contribution in [-0.2, 0) is 92.8 Å². The molecule has 11 amide bonds. The standard InChI is InChI=1S/C65H82N12O19S3/c1-34(2)54(65(95)96)77-62(92)48(30-53(83)84)74-58(88)43(23-24-97-4)70-61(91)46(28-39-17-21-41(79)22-18-39)72-63(93)49-32-98-99-33-50(76-56(86)42(66)25-36-11-7-5-8-12-36)64(94)73-47(29-52(81)82)57(87)67-31-51(80)69-44(26-37-13-9-6-10-14-37)60(90)71-45(27-38-15-19-40(78)20-16-38)59(89)68-35(3)55(85)75-49/h5-22,34-35,42-50,54,78-79H,23-33,66H2,1-4H3,(H,67,87)(H,68,89)(H,69,80)(H,70,91)(H,71,90)(H,72,93)(H,73,94)(H,74,88)(H,75,85)(H,76,86)(H,77,92)(H,81,82)(H,83,84)(H,95,96)/t35-,42-,43-,44-,45-,46-,47-,48-,49-,50-,54-/m0/s1. The van der Waals surface area contributed by atoms with Gasteiger partial charge < -0.3 is 89.8 Å². The number of phenols is 2. The highest BCUT2D eigenvalue weighted by molar-refractivity contribution is 8.76. The summed E-state index contributed by atoms with van der Waals surface area (Å²) in [7, 11) is 1.63. The van der Waals surface area contributed by atoms with Crippen LogP contribution in [0.4, 0.5) is 0 Å². The SMILES string of the molecule is CSCC[C@H](NC(=O)[C@H](Cc1ccc(O)cc1)NC(=O)[C@@H]1CSSC[C@H](NC(=O)[C@@H](N)Cc2ccccc2)C(=O)N[C@@H](CC(=O)O)C(=O)NCC(=O)N[C@@H](Cc2ccccc2)C(=O)N[C@@H](Cc2ccc(O)cc2)C(=O)N[C@@H](C)C(=O)N1)C(=O)N[C@@H](CC(=O)O)C(=O)N[C@H](C(=O)O)C(C)C. The number of carbonyl (C=O) groups is 14. The Hall–Kier alpha value is -9.93. The molecule has 5 rings (SSSR count). The van der Waals surface area contributed by atoms with E-state index in [1.807, 2.05) is 0 Å². The van der Waals surface area contributed by atoms with Crippen LogP contribution in [0.3, 0.4) is 0 Å². The van der Waals surface area contributed by atoms with Gasteiger partial charge in [-0.1, -0.05) is 120 Å². The molecule has 18 N–H and O–H groups in total. The topological polar surface area (TPSA) is 498 Å². The fourth-order valence-electron chi connectivity index (χ4n) is 9.66. The first-order valence-corrected chi connectivity index (χ1v) is 35.0. The fraction of sp³-hybridized carbons (Fsp3) is 0.415. The van der Waals surface area contributed by atoms with Gasteiger partial charge in [-0.3, -0.25) is 62.3 Å². The Morgan fingerprint density at radius 2 is 1.07 bits per heavy atom. The van der Waals surface area contributed by atoms with Crippen molar-refractivity contribution in [1.82, 2.24) is 58.5 Å². The van der Waals surface area contributed by atoms with Crippen LogP contribution < -0.4 is 64.2 Å². The number of hydrogen-bond donors (Lipinski definition) is 17. The summed E-state index contributed by atoms with van der Waals surface area (Å²) in [5, 5.41) is 76.8. The number of benzene rings is 4. The molecule has 0 bridgehead atoms. The first-order chi connectivity index (χ1) is 47.0. The molecule has 4 aromatic rings. The Kier molecular flexibility index (Phi) is 32.3. The van der Waals surface area contributed by atoms with Crippen LogP contribution in [0.2, 0.25) is 0 Å². The zero-order valence-electron chi connectivity index (χ0n) is 54.4. The Morgan fingerprint density at radius 1 is 0.556 bits per heavy atom. The van der Waals surface area contributed by atoms with Gasteiger partial charge in [0.15, 0.2) is 0 Å². The van der Waals surface area contributed by atoms with Crippen LogP contribution >= 0.6 is 33.3 Å². The van der Waals surface area contributed by atoms with Gasteiger partial charge in [0.2, 0.25) is 65.0 Å². The number of thioether (sulfide) groups is 1. The molecule has 0 spiro atoms. The van der Waals surface area contributed by atoms with Crippen LogP contribution in [0.5, 0.6) is 11.5 Å². The van der Waals surface area contributed by atoms with E-state index < -0.39 is 186 Å². The zero-order valence-corrected chi connectivity index (χ0v) is 56.8. The maximum atomic E-state index is 15.0. The van der Waals surface area contributed by atoms with Crippen molar-refractivity contribution in [3.8, 4) is 11.5 Å². The molecule has 31 nitrogen and oxygen atoms in total. The highest BCUT2D eigenvalue weighted by atomic mass is 33.1. The molecule has 1 aliphatic heterocycles. The van der Waals surface area contributed by atoms with E-state index in [1.54, 1.807) is 66.9 Å². The minimum Gasteiger partial charge on any atom is -0.508 e. The van der Waals surface area contributed by atoms with Crippen molar-refractivity contribution < 1.29 is 92.7 Å². The molecule has 0 aromatic heterocycles. The third-order valence-electron chi connectivity index (χ3n) is 15.1. The van der Waals surface area contributed by atoms with Gasteiger partial charge in [0.05, 0.1) is 25.4 Å². The van der Waals surface area contributed by atoms with Crippen molar-refractivity contribution >= 4 is 116 Å². The predicted octanol–water partition coefficient (Wildman–Crippen LogP) is -1.48. The predicted molar refractivity (Wildman–Crippen MR) is 365 cm³/mol. The van der Waals surface area contributed by atoms with E-state index in [9.17, 15) is 87.9 Å². The second-order valence-electron chi connectivity index (χ2n) is 23.3. The molecule has 99 heavy (non-hydrogen) atoms. The molecule has 0 saturated carbocycles. The lowest BCUT2D eigenvalue weighted by atomic mass is 10.0. The number of carboxylic acid groups (broad SMARTS) is 3. The second kappa shape index (κ2) is 40.1. The molecule has 11 atom stereocenters. The summed E-state index contributed by atoms with van der Waals surface area (Å²) in [4.78, 5) is 193. The van der Waals surface area contributed by atoms with Gasteiger partial charge in [0.1, 0.15) is 71.9 Å². The van der Waals surface area contributed by atoms with Crippen molar-refractivity contribution in [3.05, 3.63) is 131 Å². The molecule has 1 fully saturated rings. The number of nitrogens with two attached hydrogens (primary N) is 1. The smallest absolute Gasteiger partial charge is 0.326 e. The van der Waals surface area contributed by atoms with Crippen molar-refractivity contribution in [2.24, 2.45) is 11.7 Å². The van der Waals surface area contributed by atoms with Gasteiger partial charge in [-0.15, -0.1) is 0 Å². The zero-order chi connectivity index (χ0) is 72.9. The number of nitrogens with one attached hydrogen (secondary N) is 11. The number of aliphatic carboxylic acids is 3. The minimum absolute atomic E-state index is 0.0180.